The number of halogens is 1. The molecule has 0 bridgehead atoms. The van der Waals surface area contributed by atoms with Gasteiger partial charge in [0.25, 0.3) is 5.91 Å². The van der Waals surface area contributed by atoms with Gasteiger partial charge < -0.3 is 14.7 Å². The molecule has 124 valence electrons. The van der Waals surface area contributed by atoms with Crippen LogP contribution in [0, 0.1) is 5.82 Å². The smallest absolute Gasteiger partial charge is 0.335 e. The second kappa shape index (κ2) is 6.80. The lowest BCUT2D eigenvalue weighted by atomic mass is 10.1. The number of amides is 1. The predicted octanol–water partition coefficient (Wildman–Crippen LogP) is 2.74. The first-order valence-electron chi connectivity index (χ1n) is 7.54. The van der Waals surface area contributed by atoms with Gasteiger partial charge in [0.15, 0.2) is 0 Å². The summed E-state index contributed by atoms with van der Waals surface area (Å²) < 4.78 is 19.0. The number of carbonyl (C=O) groups excluding carboxylic acids is 1. The molecule has 1 saturated heterocycles. The molecule has 2 aromatic rings. The van der Waals surface area contributed by atoms with Crippen molar-refractivity contribution >= 4 is 11.9 Å². The van der Waals surface area contributed by atoms with E-state index >= 15 is 0 Å². The maximum atomic E-state index is 13.4. The van der Waals surface area contributed by atoms with Gasteiger partial charge in [-0.15, -0.1) is 0 Å². The van der Waals surface area contributed by atoms with Crippen molar-refractivity contribution in [2.45, 2.75) is 6.10 Å². The molecule has 1 fully saturated rings. The summed E-state index contributed by atoms with van der Waals surface area (Å²) in [6, 6.07) is 11.9. The Morgan fingerprint density at radius 3 is 2.50 bits per heavy atom. The Morgan fingerprint density at radius 1 is 1.12 bits per heavy atom. The Kier molecular flexibility index (Phi) is 4.57. The van der Waals surface area contributed by atoms with Gasteiger partial charge in [-0.25, -0.2) is 9.18 Å². The summed E-state index contributed by atoms with van der Waals surface area (Å²) in [5, 5.41) is 8.90. The second-order valence-corrected chi connectivity index (χ2v) is 5.55. The maximum Gasteiger partial charge on any atom is 0.335 e. The molecule has 0 radical (unpaired) electrons. The number of aromatic carboxylic acids is 1. The fourth-order valence-electron chi connectivity index (χ4n) is 2.68. The first kappa shape index (κ1) is 16.1. The van der Waals surface area contributed by atoms with Crippen LogP contribution in [-0.2, 0) is 4.74 Å². The number of carboxylic acids is 1. The van der Waals surface area contributed by atoms with Crippen molar-refractivity contribution in [1.82, 2.24) is 4.90 Å². The molecular formula is C18H16FNO4. The maximum absolute atomic E-state index is 13.4. The number of morpholine rings is 1. The van der Waals surface area contributed by atoms with Crippen LogP contribution in [0.5, 0.6) is 0 Å². The lowest BCUT2D eigenvalue weighted by Crippen LogP contribution is -2.42. The molecule has 0 unspecified atom stereocenters. The highest BCUT2D eigenvalue weighted by atomic mass is 19.1. The van der Waals surface area contributed by atoms with Gasteiger partial charge in [-0.3, -0.25) is 4.79 Å². The molecule has 0 aromatic heterocycles. The van der Waals surface area contributed by atoms with Gasteiger partial charge in [-0.05, 0) is 42.0 Å². The fraction of sp³-hybridized carbons (Fsp3) is 0.222. The Bertz CT molecular complexity index is 760. The van der Waals surface area contributed by atoms with E-state index in [0.717, 1.165) is 0 Å². The van der Waals surface area contributed by atoms with Crippen molar-refractivity contribution in [1.29, 1.82) is 0 Å². The quantitative estimate of drug-likeness (QED) is 0.940. The minimum absolute atomic E-state index is 0.131. The van der Waals surface area contributed by atoms with Gasteiger partial charge in [-0.2, -0.15) is 0 Å². The first-order valence-corrected chi connectivity index (χ1v) is 7.54. The first-order chi connectivity index (χ1) is 11.5. The van der Waals surface area contributed by atoms with Crippen molar-refractivity contribution in [3.05, 3.63) is 71.0 Å². The minimum Gasteiger partial charge on any atom is -0.478 e. The van der Waals surface area contributed by atoms with Crippen molar-refractivity contribution in [3.8, 4) is 0 Å². The summed E-state index contributed by atoms with van der Waals surface area (Å²) in [6.45, 7) is 1.12. The van der Waals surface area contributed by atoms with Crippen LogP contribution in [0.2, 0.25) is 0 Å². The van der Waals surface area contributed by atoms with E-state index < -0.39 is 5.97 Å². The molecule has 1 aliphatic heterocycles. The molecule has 1 aliphatic rings. The van der Waals surface area contributed by atoms with Crippen LogP contribution in [0.4, 0.5) is 4.39 Å². The van der Waals surface area contributed by atoms with Gasteiger partial charge >= 0.3 is 5.97 Å². The molecule has 1 N–H and O–H groups in total. The third-order valence-corrected chi connectivity index (χ3v) is 3.95. The van der Waals surface area contributed by atoms with Crippen molar-refractivity contribution in [2.24, 2.45) is 0 Å². The molecule has 0 saturated carbocycles. The Morgan fingerprint density at radius 2 is 1.83 bits per heavy atom. The topological polar surface area (TPSA) is 66.8 Å². The molecule has 1 heterocycles. The molecule has 6 heteroatoms. The van der Waals surface area contributed by atoms with Crippen molar-refractivity contribution in [2.75, 3.05) is 19.7 Å². The number of hydrogen-bond acceptors (Lipinski definition) is 3. The lowest BCUT2D eigenvalue weighted by molar-refractivity contribution is -0.0229. The number of carboxylic acid groups (broad SMARTS) is 1. The minimum atomic E-state index is -1.04. The normalized spacial score (nSPS) is 17.5. The van der Waals surface area contributed by atoms with E-state index in [0.29, 0.717) is 30.8 Å². The van der Waals surface area contributed by atoms with Gasteiger partial charge in [0.2, 0.25) is 0 Å². The molecule has 1 amide bonds. The van der Waals surface area contributed by atoms with Crippen LogP contribution in [0.3, 0.4) is 0 Å². The third kappa shape index (κ3) is 3.44. The lowest BCUT2D eigenvalue weighted by Gasteiger charge is -2.33. The highest BCUT2D eigenvalue weighted by Gasteiger charge is 2.26. The van der Waals surface area contributed by atoms with E-state index in [1.165, 1.54) is 36.4 Å². The molecule has 5 nitrogen and oxygen atoms in total. The van der Waals surface area contributed by atoms with Crippen LogP contribution in [0.1, 0.15) is 32.4 Å². The van der Waals surface area contributed by atoms with E-state index in [4.69, 9.17) is 9.84 Å². The van der Waals surface area contributed by atoms with Gasteiger partial charge in [0, 0.05) is 12.1 Å². The number of nitrogens with zero attached hydrogens (tertiary/aromatic N) is 1. The van der Waals surface area contributed by atoms with Crippen LogP contribution in [0.15, 0.2) is 48.5 Å². The summed E-state index contributed by atoms with van der Waals surface area (Å²) in [4.78, 5) is 25.1. The highest BCUT2D eigenvalue weighted by molar-refractivity contribution is 5.96. The van der Waals surface area contributed by atoms with E-state index in [1.54, 1.807) is 17.0 Å². The van der Waals surface area contributed by atoms with E-state index in [-0.39, 0.29) is 23.4 Å². The zero-order chi connectivity index (χ0) is 17.1. The van der Waals surface area contributed by atoms with Crippen molar-refractivity contribution < 1.29 is 23.8 Å². The van der Waals surface area contributed by atoms with Crippen molar-refractivity contribution in [3.63, 3.8) is 0 Å². The molecule has 3 rings (SSSR count). The number of carbonyl (C=O) groups is 2. The standard InChI is InChI=1S/C18H16FNO4/c19-15-3-1-2-14(10-15)16-11-20(8-9-24-16)17(21)12-4-6-13(7-5-12)18(22)23/h1-7,10,16H,8-9,11H2,(H,22,23)/t16-/m0/s1. The highest BCUT2D eigenvalue weighted by Crippen LogP contribution is 2.24. The zero-order valence-electron chi connectivity index (χ0n) is 12.8. The van der Waals surface area contributed by atoms with Crippen LogP contribution in [-0.4, -0.2) is 41.6 Å². The third-order valence-electron chi connectivity index (χ3n) is 3.95. The van der Waals surface area contributed by atoms with Gasteiger partial charge in [0.05, 0.1) is 18.7 Å². The summed E-state index contributed by atoms with van der Waals surface area (Å²) in [6.07, 6.45) is -0.378. The molecule has 1 atom stereocenters. The fourth-order valence-corrected chi connectivity index (χ4v) is 2.68. The van der Waals surface area contributed by atoms with Crippen LogP contribution in [0.25, 0.3) is 0 Å². The summed E-state index contributed by atoms with van der Waals surface area (Å²) in [5.41, 5.74) is 1.24. The SMILES string of the molecule is O=C(O)c1ccc(C(=O)N2CCO[C@H](c3cccc(F)c3)C2)cc1. The monoisotopic (exact) mass is 329 g/mol. The van der Waals surface area contributed by atoms with Crippen LogP contribution < -0.4 is 0 Å². The number of hydrogen-bond donors (Lipinski definition) is 1. The number of benzene rings is 2. The van der Waals surface area contributed by atoms with E-state index in [1.807, 2.05) is 0 Å². The average molecular weight is 329 g/mol. The largest absolute Gasteiger partial charge is 0.478 e. The molecule has 2 aromatic carbocycles. The predicted molar refractivity (Wildman–Crippen MR) is 84.4 cm³/mol. The molecule has 0 spiro atoms. The Balaban J connectivity index is 1.74. The van der Waals surface area contributed by atoms with Crippen LogP contribution >= 0.6 is 0 Å². The van der Waals surface area contributed by atoms with E-state index in [2.05, 4.69) is 0 Å². The van der Waals surface area contributed by atoms with Gasteiger partial charge in [-0.1, -0.05) is 12.1 Å². The Hall–Kier alpha value is -2.73. The zero-order valence-corrected chi connectivity index (χ0v) is 12.8. The average Bonchev–Trinajstić information content (AvgIpc) is 2.61. The summed E-state index contributed by atoms with van der Waals surface area (Å²) in [5.74, 6) is -1.58. The Labute approximate surface area is 138 Å². The second-order valence-electron chi connectivity index (χ2n) is 5.55. The van der Waals surface area contributed by atoms with E-state index in [9.17, 15) is 14.0 Å². The summed E-state index contributed by atoms with van der Waals surface area (Å²) >= 11 is 0. The summed E-state index contributed by atoms with van der Waals surface area (Å²) in [7, 11) is 0. The number of ether oxygens (including phenoxy) is 1. The molecule has 24 heavy (non-hydrogen) atoms. The molecule has 0 aliphatic carbocycles. The van der Waals surface area contributed by atoms with Gasteiger partial charge in [0.1, 0.15) is 11.9 Å². The molecular weight excluding hydrogens is 313 g/mol. The number of rotatable bonds is 3.